The van der Waals surface area contributed by atoms with E-state index >= 15 is 0 Å². The molecule has 0 fully saturated rings. The SMILES string of the molecule is CCOc1ccc(/C(=C2/C(=O)C=C(C)NC2=O)C2C(=O)C=C(C)NC2=O)cc1. The molecule has 0 aliphatic carbocycles. The van der Waals surface area contributed by atoms with E-state index < -0.39 is 29.3 Å². The summed E-state index contributed by atoms with van der Waals surface area (Å²) in [7, 11) is 0. The van der Waals surface area contributed by atoms with Crippen LogP contribution in [-0.2, 0) is 19.2 Å². The Morgan fingerprint density at radius 1 is 0.964 bits per heavy atom. The highest BCUT2D eigenvalue weighted by atomic mass is 16.5. The summed E-state index contributed by atoms with van der Waals surface area (Å²) in [6.07, 6.45) is 2.57. The molecule has 7 nitrogen and oxygen atoms in total. The number of hydrogen-bond donors (Lipinski definition) is 2. The van der Waals surface area contributed by atoms with Gasteiger partial charge in [0.25, 0.3) is 5.91 Å². The fraction of sp³-hybridized carbons (Fsp3) is 0.238. The summed E-state index contributed by atoms with van der Waals surface area (Å²) in [6.45, 7) is 5.51. The molecule has 1 atom stereocenters. The van der Waals surface area contributed by atoms with Gasteiger partial charge in [0.15, 0.2) is 11.6 Å². The van der Waals surface area contributed by atoms with E-state index in [1.54, 1.807) is 38.1 Å². The van der Waals surface area contributed by atoms with Crippen LogP contribution in [0.5, 0.6) is 5.75 Å². The van der Waals surface area contributed by atoms with Crippen LogP contribution in [0.1, 0.15) is 26.3 Å². The molecule has 1 unspecified atom stereocenters. The van der Waals surface area contributed by atoms with E-state index in [2.05, 4.69) is 10.6 Å². The Kier molecular flexibility index (Phi) is 5.26. The van der Waals surface area contributed by atoms with Crippen molar-refractivity contribution in [3.05, 3.63) is 58.9 Å². The zero-order chi connectivity index (χ0) is 20.4. The monoisotopic (exact) mass is 380 g/mol. The van der Waals surface area contributed by atoms with Crippen LogP contribution in [-0.4, -0.2) is 30.0 Å². The largest absolute Gasteiger partial charge is 0.494 e. The van der Waals surface area contributed by atoms with E-state index in [1.807, 2.05) is 6.92 Å². The topological polar surface area (TPSA) is 102 Å². The molecule has 3 rings (SSSR count). The Labute approximate surface area is 162 Å². The quantitative estimate of drug-likeness (QED) is 0.470. The zero-order valence-corrected chi connectivity index (χ0v) is 15.8. The highest BCUT2D eigenvalue weighted by Crippen LogP contribution is 2.33. The molecule has 0 bridgehead atoms. The van der Waals surface area contributed by atoms with E-state index in [9.17, 15) is 19.2 Å². The number of carbonyl (C=O) groups excluding carboxylic acids is 4. The molecular weight excluding hydrogens is 360 g/mol. The van der Waals surface area contributed by atoms with E-state index in [4.69, 9.17) is 4.74 Å². The fourth-order valence-electron chi connectivity index (χ4n) is 3.27. The normalized spacial score (nSPS) is 21.5. The fourth-order valence-corrected chi connectivity index (χ4v) is 3.27. The number of ketones is 2. The maximum absolute atomic E-state index is 12.7. The van der Waals surface area contributed by atoms with Gasteiger partial charge < -0.3 is 15.4 Å². The molecule has 2 heterocycles. The van der Waals surface area contributed by atoms with Gasteiger partial charge in [0.05, 0.1) is 12.2 Å². The van der Waals surface area contributed by atoms with Crippen molar-refractivity contribution in [2.24, 2.45) is 5.92 Å². The third-order valence-electron chi connectivity index (χ3n) is 4.39. The van der Waals surface area contributed by atoms with Crippen molar-refractivity contribution in [3.8, 4) is 5.75 Å². The Hall–Kier alpha value is -3.48. The van der Waals surface area contributed by atoms with Gasteiger partial charge in [-0.1, -0.05) is 12.1 Å². The van der Waals surface area contributed by atoms with Crippen LogP contribution in [0, 0.1) is 5.92 Å². The van der Waals surface area contributed by atoms with Crippen molar-refractivity contribution < 1.29 is 23.9 Å². The zero-order valence-electron chi connectivity index (χ0n) is 15.8. The second-order valence-electron chi connectivity index (χ2n) is 6.54. The van der Waals surface area contributed by atoms with Crippen LogP contribution in [0.4, 0.5) is 0 Å². The molecule has 2 N–H and O–H groups in total. The van der Waals surface area contributed by atoms with Gasteiger partial charge in [0, 0.05) is 23.5 Å². The van der Waals surface area contributed by atoms with Crippen LogP contribution in [0.3, 0.4) is 0 Å². The summed E-state index contributed by atoms with van der Waals surface area (Å²) in [4.78, 5) is 50.5. The van der Waals surface area contributed by atoms with Gasteiger partial charge in [0.1, 0.15) is 11.7 Å². The van der Waals surface area contributed by atoms with Gasteiger partial charge in [-0.2, -0.15) is 0 Å². The minimum absolute atomic E-state index is 0.0838. The molecule has 2 aliphatic rings. The number of ether oxygens (including phenoxy) is 1. The lowest BCUT2D eigenvalue weighted by molar-refractivity contribution is -0.129. The molecule has 28 heavy (non-hydrogen) atoms. The maximum Gasteiger partial charge on any atom is 0.259 e. The summed E-state index contributed by atoms with van der Waals surface area (Å²) in [5.41, 5.74) is 1.12. The first kappa shape index (κ1) is 19.3. The van der Waals surface area contributed by atoms with Crippen molar-refractivity contribution >= 4 is 29.0 Å². The van der Waals surface area contributed by atoms with Gasteiger partial charge in [-0.25, -0.2) is 0 Å². The standard InChI is InChI=1S/C21H20N2O5/c1-4-28-14-7-5-13(6-8-14)17(18-15(24)9-11(2)22-20(18)26)19-16(25)10-12(3)23-21(19)27/h5-10,18H,4H2,1-3H3,(H,22,26)(H,23,27)/b19-17+. The Morgan fingerprint density at radius 2 is 1.61 bits per heavy atom. The molecule has 7 heteroatoms. The second-order valence-corrected chi connectivity index (χ2v) is 6.54. The van der Waals surface area contributed by atoms with Crippen molar-refractivity contribution in [1.29, 1.82) is 0 Å². The van der Waals surface area contributed by atoms with E-state index in [-0.39, 0.29) is 11.1 Å². The van der Waals surface area contributed by atoms with Crippen LogP contribution in [0.2, 0.25) is 0 Å². The predicted molar refractivity (Wildman–Crippen MR) is 102 cm³/mol. The van der Waals surface area contributed by atoms with Gasteiger partial charge in [0.2, 0.25) is 5.91 Å². The minimum atomic E-state index is -1.29. The van der Waals surface area contributed by atoms with Crippen molar-refractivity contribution in [1.82, 2.24) is 10.6 Å². The molecule has 2 amide bonds. The van der Waals surface area contributed by atoms with Crippen molar-refractivity contribution in [2.45, 2.75) is 20.8 Å². The lowest BCUT2D eigenvalue weighted by Gasteiger charge is -2.25. The van der Waals surface area contributed by atoms with Crippen LogP contribution in [0.15, 0.2) is 53.4 Å². The predicted octanol–water partition coefficient (Wildman–Crippen LogP) is 1.66. The summed E-state index contributed by atoms with van der Waals surface area (Å²) in [5, 5.41) is 5.18. The first-order valence-corrected chi connectivity index (χ1v) is 8.86. The number of allylic oxidation sites excluding steroid dienone is 4. The molecular formula is C21H20N2O5. The highest BCUT2D eigenvalue weighted by Gasteiger charge is 2.38. The smallest absolute Gasteiger partial charge is 0.259 e. The molecule has 0 saturated carbocycles. The van der Waals surface area contributed by atoms with Crippen molar-refractivity contribution in [2.75, 3.05) is 6.61 Å². The molecule has 0 radical (unpaired) electrons. The van der Waals surface area contributed by atoms with E-state index in [0.29, 0.717) is 29.3 Å². The Bertz CT molecular complexity index is 967. The number of carbonyl (C=O) groups is 4. The summed E-state index contributed by atoms with van der Waals surface area (Å²) >= 11 is 0. The number of amides is 2. The maximum atomic E-state index is 12.7. The summed E-state index contributed by atoms with van der Waals surface area (Å²) < 4.78 is 5.42. The lowest BCUT2D eigenvalue weighted by Crippen LogP contribution is -2.41. The average molecular weight is 380 g/mol. The molecule has 0 spiro atoms. The Balaban J connectivity index is 2.22. The van der Waals surface area contributed by atoms with E-state index in [1.165, 1.54) is 12.2 Å². The number of nitrogens with one attached hydrogen (secondary N) is 2. The van der Waals surface area contributed by atoms with Crippen LogP contribution < -0.4 is 15.4 Å². The summed E-state index contributed by atoms with van der Waals surface area (Å²) in [6, 6.07) is 6.59. The molecule has 0 aromatic heterocycles. The van der Waals surface area contributed by atoms with Gasteiger partial charge in [-0.3, -0.25) is 19.2 Å². The average Bonchev–Trinajstić information content (AvgIpc) is 2.60. The van der Waals surface area contributed by atoms with Crippen molar-refractivity contribution in [3.63, 3.8) is 0 Å². The van der Waals surface area contributed by atoms with Gasteiger partial charge >= 0.3 is 0 Å². The first-order valence-electron chi connectivity index (χ1n) is 8.86. The van der Waals surface area contributed by atoms with E-state index in [0.717, 1.165) is 0 Å². The molecule has 1 aromatic rings. The number of benzene rings is 1. The molecule has 2 aliphatic heterocycles. The summed E-state index contributed by atoms with van der Waals surface area (Å²) in [5.74, 6) is -2.94. The molecule has 1 aromatic carbocycles. The Morgan fingerprint density at radius 3 is 2.18 bits per heavy atom. The third-order valence-corrected chi connectivity index (χ3v) is 4.39. The lowest BCUT2D eigenvalue weighted by atomic mass is 9.81. The number of hydrogen-bond acceptors (Lipinski definition) is 5. The number of rotatable bonds is 4. The highest BCUT2D eigenvalue weighted by molar-refractivity contribution is 6.33. The van der Waals surface area contributed by atoms with Gasteiger partial charge in [-0.15, -0.1) is 0 Å². The minimum Gasteiger partial charge on any atom is -0.494 e. The molecule has 144 valence electrons. The molecule has 0 saturated heterocycles. The van der Waals surface area contributed by atoms with Gasteiger partial charge in [-0.05, 0) is 44.0 Å². The third kappa shape index (κ3) is 3.64. The first-order chi connectivity index (χ1) is 13.3. The van der Waals surface area contributed by atoms with Crippen LogP contribution in [0.25, 0.3) is 5.57 Å². The van der Waals surface area contributed by atoms with Crippen LogP contribution >= 0.6 is 0 Å². The second kappa shape index (κ2) is 7.64.